The largest absolute Gasteiger partial charge is 0.0622 e. The topological polar surface area (TPSA) is 0 Å². The molecule has 0 heteroatoms. The van der Waals surface area contributed by atoms with Crippen LogP contribution in [0.1, 0.15) is 22.3 Å². The number of hydrogen-bond donors (Lipinski definition) is 0. The van der Waals surface area contributed by atoms with Gasteiger partial charge in [0.05, 0.1) is 0 Å². The van der Waals surface area contributed by atoms with E-state index >= 15 is 0 Å². The predicted octanol–water partition coefficient (Wildman–Crippen LogP) is 10.7. The molecule has 0 aromatic heterocycles. The Hall–Kier alpha value is -5.20. The van der Waals surface area contributed by atoms with E-state index in [2.05, 4.69) is 170 Å². The van der Waals surface area contributed by atoms with Crippen molar-refractivity contribution in [1.29, 1.82) is 0 Å². The monoisotopic (exact) mass is 508 g/mol. The molecule has 40 heavy (non-hydrogen) atoms. The van der Waals surface area contributed by atoms with E-state index in [4.69, 9.17) is 0 Å². The van der Waals surface area contributed by atoms with Crippen LogP contribution in [0.15, 0.2) is 170 Å². The predicted molar refractivity (Wildman–Crippen MR) is 171 cm³/mol. The second-order valence-corrected chi connectivity index (χ2v) is 10.1. The fourth-order valence-electron chi connectivity index (χ4n) is 5.83. The average molecular weight is 509 g/mol. The molecular weight excluding hydrogens is 480 g/mol. The number of rotatable bonds is 5. The second-order valence-electron chi connectivity index (χ2n) is 10.1. The van der Waals surface area contributed by atoms with Gasteiger partial charge in [0.15, 0.2) is 0 Å². The lowest BCUT2D eigenvalue weighted by molar-refractivity contribution is 1.50. The summed E-state index contributed by atoms with van der Waals surface area (Å²) in [6, 6.07) is 61.1. The van der Waals surface area contributed by atoms with Crippen LogP contribution in [0.25, 0.3) is 43.8 Å². The van der Waals surface area contributed by atoms with Gasteiger partial charge in [0.25, 0.3) is 0 Å². The molecule has 0 fully saturated rings. The van der Waals surface area contributed by atoms with Crippen molar-refractivity contribution in [3.05, 3.63) is 192 Å². The van der Waals surface area contributed by atoms with E-state index in [1.807, 2.05) is 0 Å². The molecule has 0 aliphatic heterocycles. The molecule has 0 amide bonds. The van der Waals surface area contributed by atoms with Crippen LogP contribution in [-0.4, -0.2) is 0 Å². The maximum absolute atomic E-state index is 2.33. The van der Waals surface area contributed by atoms with Crippen LogP contribution in [0.3, 0.4) is 0 Å². The maximum Gasteiger partial charge on any atom is -0.00268 e. The highest BCUT2D eigenvalue weighted by molar-refractivity contribution is 6.14. The first-order valence-electron chi connectivity index (χ1n) is 13.8. The van der Waals surface area contributed by atoms with Crippen molar-refractivity contribution in [2.24, 2.45) is 0 Å². The SMILES string of the molecule is c1ccc(C(=C(c2ccccc2)c2ccc(-c3cc4ccccc4c4ccccc34)cc2)c2ccccc2)cc1. The van der Waals surface area contributed by atoms with E-state index in [0.29, 0.717) is 0 Å². The van der Waals surface area contributed by atoms with Crippen LogP contribution >= 0.6 is 0 Å². The molecule has 0 saturated heterocycles. The zero-order chi connectivity index (χ0) is 26.7. The van der Waals surface area contributed by atoms with Gasteiger partial charge in [-0.1, -0.05) is 164 Å². The van der Waals surface area contributed by atoms with E-state index in [9.17, 15) is 0 Å². The third kappa shape index (κ3) is 4.40. The number of benzene rings is 7. The summed E-state index contributed by atoms with van der Waals surface area (Å²) in [5.74, 6) is 0. The molecule has 7 rings (SSSR count). The van der Waals surface area contributed by atoms with Gasteiger partial charge in [-0.25, -0.2) is 0 Å². The van der Waals surface area contributed by atoms with Crippen LogP contribution in [0, 0.1) is 0 Å². The molecule has 0 aliphatic carbocycles. The van der Waals surface area contributed by atoms with Crippen molar-refractivity contribution in [1.82, 2.24) is 0 Å². The Labute approximate surface area is 235 Å². The van der Waals surface area contributed by atoms with Crippen LogP contribution in [0.2, 0.25) is 0 Å². The van der Waals surface area contributed by atoms with E-state index in [0.717, 1.165) is 0 Å². The smallest absolute Gasteiger partial charge is 0.00268 e. The Kier molecular flexibility index (Phi) is 6.28. The van der Waals surface area contributed by atoms with E-state index in [1.54, 1.807) is 0 Å². The Morgan fingerprint density at radius 3 is 1.23 bits per heavy atom. The Morgan fingerprint density at radius 2 is 0.700 bits per heavy atom. The van der Waals surface area contributed by atoms with Gasteiger partial charge < -0.3 is 0 Å². The highest BCUT2D eigenvalue weighted by Gasteiger charge is 2.16. The fraction of sp³-hybridized carbons (Fsp3) is 0. The van der Waals surface area contributed by atoms with E-state index in [1.165, 1.54) is 66.1 Å². The van der Waals surface area contributed by atoms with Crippen LogP contribution in [-0.2, 0) is 0 Å². The third-order valence-corrected chi connectivity index (χ3v) is 7.69. The molecule has 0 bridgehead atoms. The summed E-state index contributed by atoms with van der Waals surface area (Å²) in [5.41, 5.74) is 9.76. The lowest BCUT2D eigenvalue weighted by atomic mass is 9.85. The van der Waals surface area contributed by atoms with Gasteiger partial charge in [-0.3, -0.25) is 0 Å². The second kappa shape index (κ2) is 10.5. The summed E-state index contributed by atoms with van der Waals surface area (Å²) < 4.78 is 0. The highest BCUT2D eigenvalue weighted by Crippen LogP contribution is 2.39. The van der Waals surface area contributed by atoms with Crippen LogP contribution in [0.5, 0.6) is 0 Å². The summed E-state index contributed by atoms with van der Waals surface area (Å²) in [6.07, 6.45) is 0. The molecule has 7 aromatic rings. The summed E-state index contributed by atoms with van der Waals surface area (Å²) in [4.78, 5) is 0. The standard InChI is InChI=1S/C40H28/c1-4-14-30(15-5-1)39(31-16-6-2-7-17-31)40(32-18-8-3-9-19-32)33-26-24-29(25-27-33)38-28-34-20-10-11-21-35(34)36-22-12-13-23-37(36)38/h1-28H. The van der Waals surface area contributed by atoms with Gasteiger partial charge in [-0.05, 0) is 72.1 Å². The molecule has 0 aliphatic rings. The number of fused-ring (bicyclic) bond motifs is 3. The van der Waals surface area contributed by atoms with Crippen molar-refractivity contribution in [3.63, 3.8) is 0 Å². The van der Waals surface area contributed by atoms with Crippen molar-refractivity contribution >= 4 is 32.7 Å². The third-order valence-electron chi connectivity index (χ3n) is 7.69. The van der Waals surface area contributed by atoms with Crippen LogP contribution in [0.4, 0.5) is 0 Å². The molecule has 188 valence electrons. The highest BCUT2D eigenvalue weighted by atomic mass is 14.2. The molecule has 0 N–H and O–H groups in total. The molecule has 0 unspecified atom stereocenters. The summed E-state index contributed by atoms with van der Waals surface area (Å²) in [5, 5.41) is 5.13. The first-order chi connectivity index (χ1) is 19.9. The Morgan fingerprint density at radius 1 is 0.300 bits per heavy atom. The molecule has 0 atom stereocenters. The minimum Gasteiger partial charge on any atom is -0.0622 e. The van der Waals surface area contributed by atoms with Crippen molar-refractivity contribution in [3.8, 4) is 11.1 Å². The van der Waals surface area contributed by atoms with Gasteiger partial charge in [-0.2, -0.15) is 0 Å². The van der Waals surface area contributed by atoms with E-state index in [-0.39, 0.29) is 0 Å². The maximum atomic E-state index is 2.33. The first kappa shape index (κ1) is 23.9. The van der Waals surface area contributed by atoms with Gasteiger partial charge in [0, 0.05) is 0 Å². The summed E-state index contributed by atoms with van der Waals surface area (Å²) in [7, 11) is 0. The lowest BCUT2D eigenvalue weighted by Gasteiger charge is -2.18. The van der Waals surface area contributed by atoms with Crippen LogP contribution < -0.4 is 0 Å². The van der Waals surface area contributed by atoms with E-state index < -0.39 is 0 Å². The molecule has 0 saturated carbocycles. The average Bonchev–Trinajstić information content (AvgIpc) is 3.04. The minimum atomic E-state index is 1.20. The number of hydrogen-bond acceptors (Lipinski definition) is 0. The Balaban J connectivity index is 1.45. The molecule has 0 nitrogen and oxygen atoms in total. The molecule has 0 radical (unpaired) electrons. The fourth-order valence-corrected chi connectivity index (χ4v) is 5.83. The molecule has 0 heterocycles. The van der Waals surface area contributed by atoms with Gasteiger partial charge >= 0.3 is 0 Å². The van der Waals surface area contributed by atoms with Crippen molar-refractivity contribution in [2.75, 3.05) is 0 Å². The first-order valence-corrected chi connectivity index (χ1v) is 13.8. The zero-order valence-electron chi connectivity index (χ0n) is 22.2. The zero-order valence-corrected chi connectivity index (χ0v) is 22.2. The quantitative estimate of drug-likeness (QED) is 0.160. The Bertz CT molecular complexity index is 1910. The summed E-state index contributed by atoms with van der Waals surface area (Å²) in [6.45, 7) is 0. The molecule has 7 aromatic carbocycles. The molecule has 0 spiro atoms. The lowest BCUT2D eigenvalue weighted by Crippen LogP contribution is -1.97. The van der Waals surface area contributed by atoms with Gasteiger partial charge in [0.1, 0.15) is 0 Å². The molecular formula is C40H28. The van der Waals surface area contributed by atoms with Gasteiger partial charge in [-0.15, -0.1) is 0 Å². The summed E-state index contributed by atoms with van der Waals surface area (Å²) >= 11 is 0. The van der Waals surface area contributed by atoms with Crippen molar-refractivity contribution in [2.45, 2.75) is 0 Å². The minimum absolute atomic E-state index is 1.20. The van der Waals surface area contributed by atoms with Crippen molar-refractivity contribution < 1.29 is 0 Å². The van der Waals surface area contributed by atoms with Gasteiger partial charge in [0.2, 0.25) is 0 Å². The normalized spacial score (nSPS) is 11.0.